The van der Waals surface area contributed by atoms with Gasteiger partial charge in [0.15, 0.2) is 5.65 Å². The van der Waals surface area contributed by atoms with Gasteiger partial charge in [-0.25, -0.2) is 4.98 Å². The van der Waals surface area contributed by atoms with Crippen molar-refractivity contribution in [2.75, 3.05) is 4.90 Å². The molecule has 6 heteroatoms. The van der Waals surface area contributed by atoms with Crippen LogP contribution in [0.3, 0.4) is 0 Å². The van der Waals surface area contributed by atoms with E-state index in [9.17, 15) is 0 Å². The first-order valence-electron chi connectivity index (χ1n) is 23.5. The molecule has 69 heavy (non-hydrogen) atoms. The smallest absolute Gasteiger partial charge is 0.151 e. The van der Waals surface area contributed by atoms with Gasteiger partial charge in [-0.3, -0.25) is 8.97 Å². The summed E-state index contributed by atoms with van der Waals surface area (Å²) in [6, 6.07) is 75.9. The Bertz CT molecular complexity index is 4410. The number of aryl methyl sites for hydroxylation is 1. The zero-order chi connectivity index (χ0) is 45.2. The quantitative estimate of drug-likeness (QED) is 0.156. The summed E-state index contributed by atoms with van der Waals surface area (Å²) in [4.78, 5) is 7.68. The highest BCUT2D eigenvalue weighted by Gasteiger charge is 2.25. The molecule has 0 radical (unpaired) electrons. The molecule has 0 amide bonds. The molecule has 5 aromatic heterocycles. The summed E-state index contributed by atoms with van der Waals surface area (Å²) >= 11 is 0. The van der Waals surface area contributed by atoms with E-state index < -0.39 is 0 Å². The summed E-state index contributed by atoms with van der Waals surface area (Å²) < 4.78 is 17.6. The number of allylic oxidation sites excluding steroid dienone is 1. The molecule has 0 saturated heterocycles. The molecule has 1 aliphatic carbocycles. The maximum Gasteiger partial charge on any atom is 0.151 e. The minimum absolute atomic E-state index is 0.876. The van der Waals surface area contributed by atoms with Crippen LogP contribution in [0.25, 0.3) is 116 Å². The minimum Gasteiger partial charge on any atom is -0.456 e. The number of pyridine rings is 1. The molecule has 0 spiro atoms. The predicted molar refractivity (Wildman–Crippen MR) is 282 cm³/mol. The fraction of sp³-hybridized carbons (Fsp3) is 0.0317. The van der Waals surface area contributed by atoms with Crippen molar-refractivity contribution in [3.05, 3.63) is 224 Å². The number of benzene rings is 8. The second kappa shape index (κ2) is 14.6. The van der Waals surface area contributed by atoms with Crippen LogP contribution in [0.1, 0.15) is 17.7 Å². The van der Waals surface area contributed by atoms with Crippen molar-refractivity contribution in [2.45, 2.75) is 12.8 Å². The van der Waals surface area contributed by atoms with Gasteiger partial charge in [-0.2, -0.15) is 0 Å². The molecule has 0 bridgehead atoms. The Morgan fingerprint density at radius 2 is 1.25 bits per heavy atom. The maximum absolute atomic E-state index is 6.46. The normalized spacial score (nSPS) is 12.6. The number of hydrogen-bond acceptors (Lipinski definition) is 4. The number of furan rings is 2. The summed E-state index contributed by atoms with van der Waals surface area (Å²) in [5.41, 5.74) is 17.3. The van der Waals surface area contributed by atoms with E-state index in [0.29, 0.717) is 0 Å². The lowest BCUT2D eigenvalue weighted by Crippen LogP contribution is -2.10. The van der Waals surface area contributed by atoms with Crippen molar-refractivity contribution in [3.63, 3.8) is 0 Å². The van der Waals surface area contributed by atoms with Crippen LogP contribution < -0.4 is 4.90 Å². The van der Waals surface area contributed by atoms with Crippen molar-refractivity contribution >= 4 is 105 Å². The lowest BCUT2D eigenvalue weighted by atomic mass is 9.98. The zero-order valence-electron chi connectivity index (χ0n) is 37.1. The van der Waals surface area contributed by atoms with Crippen LogP contribution in [0.4, 0.5) is 17.1 Å². The predicted octanol–water partition coefficient (Wildman–Crippen LogP) is 16.7. The van der Waals surface area contributed by atoms with Gasteiger partial charge >= 0.3 is 0 Å². The topological polar surface area (TPSA) is 51.8 Å². The number of aromatic nitrogens is 3. The summed E-state index contributed by atoms with van der Waals surface area (Å²) in [5, 5.41) is 8.03. The molecule has 0 N–H and O–H groups in total. The molecular formula is C63H38N4O2. The third-order valence-corrected chi connectivity index (χ3v) is 14.2. The average molecular weight is 883 g/mol. The van der Waals surface area contributed by atoms with Crippen LogP contribution in [0.15, 0.2) is 209 Å². The van der Waals surface area contributed by atoms with E-state index in [2.05, 4.69) is 220 Å². The van der Waals surface area contributed by atoms with Crippen LogP contribution in [0.5, 0.6) is 0 Å². The van der Waals surface area contributed by atoms with E-state index in [0.717, 1.165) is 135 Å². The molecule has 0 unspecified atom stereocenters. The Kier molecular flexibility index (Phi) is 8.01. The Labute approximate surface area is 395 Å². The SMILES string of the molecule is c1c(-c2ccc(-n3c4ccccc4c4nc5c6ccccc6c6ccccc6n5c43)cc2)ccc(N(c2ccc(-c3cccc4c3oc3ccccc34)cc2)c2cccc3oc4c(c23)CCC=C4)c#1. The van der Waals surface area contributed by atoms with Gasteiger partial charge in [-0.05, 0) is 108 Å². The number of fused-ring (bicyclic) bond motifs is 16. The first-order valence-corrected chi connectivity index (χ1v) is 23.5. The molecule has 15 rings (SSSR count). The van der Waals surface area contributed by atoms with E-state index >= 15 is 0 Å². The molecule has 6 nitrogen and oxygen atoms in total. The van der Waals surface area contributed by atoms with Gasteiger partial charge in [0, 0.05) is 60.4 Å². The molecule has 14 aromatic rings. The van der Waals surface area contributed by atoms with Crippen molar-refractivity contribution in [3.8, 4) is 27.9 Å². The number of imidazole rings is 1. The van der Waals surface area contributed by atoms with Crippen LogP contribution >= 0.6 is 0 Å². The fourth-order valence-corrected chi connectivity index (χ4v) is 11.1. The second-order valence-electron chi connectivity index (χ2n) is 18.0. The Balaban J connectivity index is 0.837. The van der Waals surface area contributed by atoms with Crippen LogP contribution in [0.2, 0.25) is 0 Å². The second-order valence-corrected chi connectivity index (χ2v) is 18.0. The Morgan fingerprint density at radius 1 is 0.536 bits per heavy atom. The summed E-state index contributed by atoms with van der Waals surface area (Å²) in [7, 11) is 0. The number of rotatable bonds is 6. The van der Waals surface area contributed by atoms with Gasteiger partial charge in [0.1, 0.15) is 33.7 Å². The van der Waals surface area contributed by atoms with Gasteiger partial charge in [-0.1, -0.05) is 140 Å². The van der Waals surface area contributed by atoms with Crippen molar-refractivity contribution in [2.24, 2.45) is 0 Å². The van der Waals surface area contributed by atoms with Gasteiger partial charge in [0.05, 0.1) is 22.4 Å². The largest absolute Gasteiger partial charge is 0.456 e. The number of anilines is 3. The van der Waals surface area contributed by atoms with Gasteiger partial charge in [0.25, 0.3) is 0 Å². The van der Waals surface area contributed by atoms with E-state index in [4.69, 9.17) is 13.8 Å². The highest BCUT2D eigenvalue weighted by atomic mass is 16.3. The van der Waals surface area contributed by atoms with Crippen LogP contribution in [-0.2, 0) is 6.42 Å². The van der Waals surface area contributed by atoms with Gasteiger partial charge in [-0.15, -0.1) is 0 Å². The lowest BCUT2D eigenvalue weighted by molar-refractivity contribution is 0.595. The van der Waals surface area contributed by atoms with Crippen molar-refractivity contribution in [1.29, 1.82) is 0 Å². The van der Waals surface area contributed by atoms with Crippen LogP contribution in [0, 0.1) is 12.1 Å². The number of para-hydroxylation sites is 4. The van der Waals surface area contributed by atoms with E-state index in [-0.39, 0.29) is 0 Å². The Morgan fingerprint density at radius 3 is 2.09 bits per heavy atom. The lowest BCUT2D eigenvalue weighted by Gasteiger charge is -2.25. The van der Waals surface area contributed by atoms with E-state index in [1.165, 1.54) is 16.3 Å². The molecule has 0 atom stereocenters. The molecule has 1 aliphatic rings. The summed E-state index contributed by atoms with van der Waals surface area (Å²) in [6.45, 7) is 0. The third-order valence-electron chi connectivity index (χ3n) is 14.2. The van der Waals surface area contributed by atoms with Gasteiger partial charge in [0.2, 0.25) is 0 Å². The summed E-state index contributed by atoms with van der Waals surface area (Å²) in [5.74, 6) is 0.934. The first-order chi connectivity index (χ1) is 34.2. The zero-order valence-corrected chi connectivity index (χ0v) is 37.1. The summed E-state index contributed by atoms with van der Waals surface area (Å²) in [6.07, 6.45) is 6.21. The number of hydrogen-bond donors (Lipinski definition) is 0. The Hall–Kier alpha value is -9.31. The molecule has 322 valence electrons. The molecule has 5 heterocycles. The minimum atomic E-state index is 0.876. The molecular weight excluding hydrogens is 845 g/mol. The van der Waals surface area contributed by atoms with E-state index in [1.54, 1.807) is 0 Å². The van der Waals surface area contributed by atoms with E-state index in [1.807, 2.05) is 12.1 Å². The first kappa shape index (κ1) is 37.9. The molecule has 0 saturated carbocycles. The third kappa shape index (κ3) is 5.59. The maximum atomic E-state index is 6.46. The standard InChI is InChI=1S/C63H38N4O2/c1-2-16-50-46(13-1)47-14-3-7-21-53(47)67-62(50)64-60-51-17-4-8-22-54(51)66(63(60)67)44-35-29-40(30-36-44)39-27-33-42(34-28-39)65(55-23-12-26-58-59(55)52-18-6-10-25-57(52)68-58)43-37-31-41(32-38-43)45-19-11-20-49-48-15-5-9-24-56(48)69-61(45)49/h1-5,7-17,19-27,29-33,35-38H,6,18H2. The average Bonchev–Trinajstić information content (AvgIpc) is 4.19. The van der Waals surface area contributed by atoms with Crippen LogP contribution in [-0.4, -0.2) is 14.0 Å². The molecule has 9 aromatic carbocycles. The fourth-order valence-electron chi connectivity index (χ4n) is 11.1. The highest BCUT2D eigenvalue weighted by Crippen LogP contribution is 2.45. The van der Waals surface area contributed by atoms with Crippen molar-refractivity contribution in [1.82, 2.24) is 14.0 Å². The van der Waals surface area contributed by atoms with Crippen molar-refractivity contribution < 1.29 is 8.83 Å². The molecule has 0 fully saturated rings. The van der Waals surface area contributed by atoms with Gasteiger partial charge < -0.3 is 13.7 Å². The molecule has 0 aliphatic heterocycles. The monoisotopic (exact) mass is 882 g/mol. The highest BCUT2D eigenvalue weighted by molar-refractivity contribution is 6.17. The number of nitrogens with zero attached hydrogens (tertiary/aromatic N) is 4.